The molecule has 298 valence electrons. The molecule has 1 aromatic heterocycles. The van der Waals surface area contributed by atoms with Crippen LogP contribution in [0.3, 0.4) is 0 Å². The van der Waals surface area contributed by atoms with Crippen molar-refractivity contribution in [2.75, 3.05) is 13.2 Å². The van der Waals surface area contributed by atoms with Crippen LogP contribution in [-0.2, 0) is 23.7 Å². The van der Waals surface area contributed by atoms with E-state index >= 15 is 0 Å². The van der Waals surface area contributed by atoms with Crippen molar-refractivity contribution in [2.24, 2.45) is 0 Å². The summed E-state index contributed by atoms with van der Waals surface area (Å²) in [5.74, 6) is -3.58. The van der Waals surface area contributed by atoms with E-state index in [2.05, 4.69) is 0 Å². The van der Waals surface area contributed by atoms with Gasteiger partial charge in [0.1, 0.15) is 89.6 Å². The lowest BCUT2D eigenvalue weighted by atomic mass is 9.97. The first-order chi connectivity index (χ1) is 25.5. The Kier molecular flexibility index (Phi) is 11.5. The molecule has 3 aromatic rings. The molecular weight excluding hydrogens is 732 g/mol. The van der Waals surface area contributed by atoms with Gasteiger partial charge in [0.15, 0.2) is 29.8 Å². The van der Waals surface area contributed by atoms with E-state index in [0.717, 1.165) is 24.3 Å². The van der Waals surface area contributed by atoms with Crippen LogP contribution in [0.15, 0.2) is 39.5 Å². The summed E-state index contributed by atoms with van der Waals surface area (Å²) in [5.41, 5.74) is -1.48. The minimum Gasteiger partial charge on any atom is -0.508 e. The lowest BCUT2D eigenvalue weighted by Gasteiger charge is -2.46. The van der Waals surface area contributed by atoms with Crippen molar-refractivity contribution >= 4 is 11.0 Å². The molecule has 21 nitrogen and oxygen atoms in total. The van der Waals surface area contributed by atoms with E-state index in [9.17, 15) is 71.2 Å². The highest BCUT2D eigenvalue weighted by molar-refractivity contribution is 5.88. The van der Waals surface area contributed by atoms with Gasteiger partial charge in [0, 0.05) is 17.7 Å². The minimum absolute atomic E-state index is 0.0758. The van der Waals surface area contributed by atoms with Gasteiger partial charge in [0.05, 0.1) is 19.3 Å². The number of aromatic hydroxyl groups is 4. The van der Waals surface area contributed by atoms with E-state index < -0.39 is 151 Å². The summed E-state index contributed by atoms with van der Waals surface area (Å²) in [6, 6.07) is 5.10. The van der Waals surface area contributed by atoms with Gasteiger partial charge in [-0.15, -0.1) is 0 Å². The van der Waals surface area contributed by atoms with Gasteiger partial charge in [-0.3, -0.25) is 4.79 Å². The fraction of sp³-hybridized carbons (Fsp3) is 0.545. The normalized spacial score (nSPS) is 37.3. The molecule has 0 aliphatic carbocycles. The number of aliphatic hydroxyl groups excluding tert-OH is 9. The Morgan fingerprint density at radius 1 is 0.667 bits per heavy atom. The highest BCUT2D eigenvalue weighted by Crippen LogP contribution is 2.40. The molecule has 15 atom stereocenters. The largest absolute Gasteiger partial charge is 0.508 e. The van der Waals surface area contributed by atoms with Crippen LogP contribution in [-0.4, -0.2) is 172 Å². The van der Waals surface area contributed by atoms with Crippen LogP contribution in [0.5, 0.6) is 28.7 Å². The Bertz CT molecular complexity index is 1850. The molecule has 0 bridgehead atoms. The minimum atomic E-state index is -2.05. The molecule has 0 unspecified atom stereocenters. The molecule has 0 saturated carbocycles. The van der Waals surface area contributed by atoms with Crippen LogP contribution < -0.4 is 10.2 Å². The van der Waals surface area contributed by atoms with Crippen molar-refractivity contribution in [1.29, 1.82) is 0 Å². The zero-order chi connectivity index (χ0) is 39.3. The van der Waals surface area contributed by atoms with E-state index in [1.54, 1.807) is 0 Å². The third-order valence-corrected chi connectivity index (χ3v) is 9.40. The second-order valence-electron chi connectivity index (χ2n) is 13.1. The van der Waals surface area contributed by atoms with Gasteiger partial charge in [0.2, 0.25) is 17.5 Å². The van der Waals surface area contributed by atoms with Gasteiger partial charge in [-0.05, 0) is 25.1 Å². The number of fused-ring (bicyclic) bond motifs is 1. The summed E-state index contributed by atoms with van der Waals surface area (Å²) < 4.78 is 39.3. The molecule has 3 aliphatic rings. The zero-order valence-electron chi connectivity index (χ0n) is 28.0. The molecule has 3 fully saturated rings. The van der Waals surface area contributed by atoms with Crippen LogP contribution in [0, 0.1) is 0 Å². The molecule has 3 saturated heterocycles. The summed E-state index contributed by atoms with van der Waals surface area (Å²) in [5, 5.41) is 134. The van der Waals surface area contributed by atoms with Crippen LogP contribution in [0.1, 0.15) is 6.92 Å². The number of hydrogen-bond donors (Lipinski definition) is 13. The number of benzene rings is 2. The van der Waals surface area contributed by atoms with E-state index in [4.69, 9.17) is 32.8 Å². The van der Waals surface area contributed by atoms with Gasteiger partial charge >= 0.3 is 0 Å². The van der Waals surface area contributed by atoms with E-state index in [1.807, 2.05) is 0 Å². The third-order valence-electron chi connectivity index (χ3n) is 9.40. The first-order valence-electron chi connectivity index (χ1n) is 16.5. The number of rotatable bonds is 9. The molecule has 3 aliphatic heterocycles. The maximum Gasteiger partial charge on any atom is 0.239 e. The van der Waals surface area contributed by atoms with E-state index in [-0.39, 0.29) is 11.1 Å². The lowest BCUT2D eigenvalue weighted by molar-refractivity contribution is -0.361. The van der Waals surface area contributed by atoms with Gasteiger partial charge in [-0.1, -0.05) is 0 Å². The second-order valence-corrected chi connectivity index (χ2v) is 13.1. The SMILES string of the molecule is C[C@H]1O[C@@H](OC[C@H]2O[C@@H](Oc3c(-c4ccc(O)c(O)c4)oc4cc(O)cc(O)c4c3=O)[C@H](O)[C@@H](O)[C@H]2O)[C@H](O)[C@@H](O[C@@H]2O[C@H](CO)[C@@H](O)[C@H](O)[C@H]2O)[C@H]1O. The molecule has 2 aromatic carbocycles. The maximum atomic E-state index is 13.8. The van der Waals surface area contributed by atoms with Crippen molar-refractivity contribution in [3.63, 3.8) is 0 Å². The first-order valence-corrected chi connectivity index (χ1v) is 16.5. The average molecular weight is 773 g/mol. The number of hydrogen-bond acceptors (Lipinski definition) is 21. The van der Waals surface area contributed by atoms with Gasteiger partial charge in [0.25, 0.3) is 0 Å². The van der Waals surface area contributed by atoms with Crippen LogP contribution >= 0.6 is 0 Å². The molecule has 21 heteroatoms. The van der Waals surface area contributed by atoms with Gasteiger partial charge in [-0.2, -0.15) is 0 Å². The smallest absolute Gasteiger partial charge is 0.239 e. The summed E-state index contributed by atoms with van der Waals surface area (Å²) in [6.07, 6.45) is -26.0. The highest BCUT2D eigenvalue weighted by Gasteiger charge is 2.51. The monoisotopic (exact) mass is 772 g/mol. The Hall–Kier alpha value is -3.91. The Morgan fingerprint density at radius 2 is 1.31 bits per heavy atom. The topological polar surface area (TPSA) is 349 Å². The molecular formula is C33H40O21. The second kappa shape index (κ2) is 15.7. The molecule has 54 heavy (non-hydrogen) atoms. The number of phenols is 4. The fourth-order valence-electron chi connectivity index (χ4n) is 6.32. The fourth-order valence-corrected chi connectivity index (χ4v) is 6.32. The molecule has 0 radical (unpaired) electrons. The molecule has 4 heterocycles. The van der Waals surface area contributed by atoms with Crippen LogP contribution in [0.4, 0.5) is 0 Å². The zero-order valence-corrected chi connectivity index (χ0v) is 28.0. The Labute approximate surface area is 303 Å². The van der Waals surface area contributed by atoms with E-state index in [1.165, 1.54) is 13.0 Å². The standard InChI is InChI=1S/C33H40O21/c1-9-19(39)29(53-32-25(45)23(43)20(40)16(7-34)51-32)27(47)31(49-9)48-8-17-21(41)24(44)26(46)33(52-17)54-30-22(42)18-14(38)5-11(35)6-15(18)50-28(30)10-2-3-12(36)13(37)4-10/h2-6,9,16-17,19-21,23-27,29,31-41,43-47H,7-8H2,1H3/t9-,16-,17-,19+,20-,21+,23+,24+,25-,26-,27-,29+,31-,32+,33+/m1/s1. The number of phenolic OH excluding ortho intramolecular Hbond substituents is 4. The number of aliphatic hydroxyl groups is 9. The Morgan fingerprint density at radius 3 is 1.98 bits per heavy atom. The Balaban J connectivity index is 1.23. The summed E-state index contributed by atoms with van der Waals surface area (Å²) in [6.45, 7) is -0.138. The summed E-state index contributed by atoms with van der Waals surface area (Å²) in [7, 11) is 0. The van der Waals surface area contributed by atoms with Crippen LogP contribution in [0.2, 0.25) is 0 Å². The molecule has 6 rings (SSSR count). The van der Waals surface area contributed by atoms with Crippen molar-refractivity contribution in [1.82, 2.24) is 0 Å². The van der Waals surface area contributed by atoms with Gasteiger partial charge in [-0.25, -0.2) is 0 Å². The lowest BCUT2D eigenvalue weighted by Crippen LogP contribution is -2.64. The van der Waals surface area contributed by atoms with Crippen molar-refractivity contribution in [3.05, 3.63) is 40.6 Å². The van der Waals surface area contributed by atoms with E-state index in [0.29, 0.717) is 0 Å². The quantitative estimate of drug-likeness (QED) is 0.0925. The summed E-state index contributed by atoms with van der Waals surface area (Å²) >= 11 is 0. The van der Waals surface area contributed by atoms with Crippen molar-refractivity contribution in [3.8, 4) is 40.1 Å². The maximum absolute atomic E-state index is 13.8. The number of ether oxygens (including phenoxy) is 6. The molecule has 0 amide bonds. The summed E-state index contributed by atoms with van der Waals surface area (Å²) in [4.78, 5) is 13.8. The van der Waals surface area contributed by atoms with Crippen molar-refractivity contribution in [2.45, 2.75) is 99.0 Å². The predicted molar refractivity (Wildman–Crippen MR) is 173 cm³/mol. The third kappa shape index (κ3) is 7.39. The molecule has 13 N–H and O–H groups in total. The predicted octanol–water partition coefficient (Wildman–Crippen LogP) is -3.86. The van der Waals surface area contributed by atoms with Gasteiger partial charge < -0.3 is 99.2 Å². The highest BCUT2D eigenvalue weighted by atomic mass is 16.7. The average Bonchev–Trinajstić information content (AvgIpc) is 3.13. The first kappa shape index (κ1) is 39.8. The van der Waals surface area contributed by atoms with Crippen molar-refractivity contribution < 1.29 is 99.2 Å². The van der Waals surface area contributed by atoms with Crippen LogP contribution in [0.25, 0.3) is 22.3 Å². The molecule has 0 spiro atoms.